The van der Waals surface area contributed by atoms with Crippen LogP contribution in [0, 0.1) is 11.6 Å². The van der Waals surface area contributed by atoms with Gasteiger partial charge in [0.05, 0.1) is 21.9 Å². The van der Waals surface area contributed by atoms with Gasteiger partial charge >= 0.3 is 6.03 Å². The van der Waals surface area contributed by atoms with E-state index in [1.165, 1.54) is 17.7 Å². The highest BCUT2D eigenvalue weighted by molar-refractivity contribution is 7.18. The molecule has 1 aromatic heterocycles. The van der Waals surface area contributed by atoms with Gasteiger partial charge in [-0.2, -0.15) is 0 Å². The van der Waals surface area contributed by atoms with Crippen LogP contribution in [0.15, 0.2) is 42.5 Å². The van der Waals surface area contributed by atoms with E-state index in [9.17, 15) is 18.4 Å². The first-order valence-corrected chi connectivity index (χ1v) is 11.3. The maximum atomic E-state index is 13.7. The Bertz CT molecular complexity index is 1170. The minimum Gasteiger partial charge on any atom is -0.319 e. The number of carbonyl (C=O) groups is 2. The molecule has 5 rings (SSSR count). The maximum Gasteiger partial charge on any atom is 0.326 e. The molecule has 2 fully saturated rings. The molecule has 2 aliphatic rings. The van der Waals surface area contributed by atoms with E-state index in [2.05, 4.69) is 16.3 Å². The number of aromatic nitrogens is 1. The van der Waals surface area contributed by atoms with Gasteiger partial charge in [-0.3, -0.25) is 9.69 Å². The second-order valence-electron chi connectivity index (χ2n) is 8.47. The molecule has 0 aliphatic carbocycles. The number of hydrogen-bond donors (Lipinski definition) is 1. The summed E-state index contributed by atoms with van der Waals surface area (Å²) >= 11 is 1.72. The Balaban J connectivity index is 1.25. The number of thiazole rings is 1. The maximum absolute atomic E-state index is 13.7. The van der Waals surface area contributed by atoms with E-state index in [0.717, 1.165) is 53.5 Å². The van der Waals surface area contributed by atoms with Gasteiger partial charge in [-0.25, -0.2) is 23.5 Å². The van der Waals surface area contributed by atoms with Crippen LogP contribution in [0.4, 0.5) is 13.6 Å². The number of nitrogens with zero attached hydrogens (tertiary/aromatic N) is 3. The number of hydrogen-bond acceptors (Lipinski definition) is 5. The predicted octanol–water partition coefficient (Wildman–Crippen LogP) is 4.18. The SMILES string of the molecule is C[C@@]1(c2ccc(F)c(F)c2)NC(=O)N(CN2CCC(c3nc4ccccc4s3)CC2)C1=O. The van der Waals surface area contributed by atoms with E-state index in [0.29, 0.717) is 5.92 Å². The topological polar surface area (TPSA) is 65.5 Å². The highest BCUT2D eigenvalue weighted by Gasteiger charge is 2.49. The molecule has 6 nitrogen and oxygen atoms in total. The number of likely N-dealkylation sites (tertiary alicyclic amines) is 1. The molecule has 2 saturated heterocycles. The molecule has 3 amide bonds. The zero-order valence-electron chi connectivity index (χ0n) is 17.5. The Hall–Kier alpha value is -2.91. The number of fused-ring (bicyclic) bond motifs is 1. The summed E-state index contributed by atoms with van der Waals surface area (Å²) in [4.78, 5) is 33.6. The van der Waals surface area contributed by atoms with Gasteiger partial charge in [-0.05, 0) is 49.6 Å². The number of urea groups is 1. The zero-order chi connectivity index (χ0) is 22.5. The van der Waals surface area contributed by atoms with E-state index in [4.69, 9.17) is 4.98 Å². The molecule has 1 N–H and O–H groups in total. The molecule has 1 atom stereocenters. The van der Waals surface area contributed by atoms with Gasteiger partial charge in [-0.1, -0.05) is 18.2 Å². The fraction of sp³-hybridized carbons (Fsp3) is 0.348. The van der Waals surface area contributed by atoms with Crippen LogP contribution in [-0.2, 0) is 10.3 Å². The van der Waals surface area contributed by atoms with Crippen molar-refractivity contribution in [2.75, 3.05) is 19.8 Å². The molecule has 0 unspecified atom stereocenters. The summed E-state index contributed by atoms with van der Waals surface area (Å²) in [6.45, 7) is 3.15. The van der Waals surface area contributed by atoms with Gasteiger partial charge < -0.3 is 5.32 Å². The minimum atomic E-state index is -1.43. The molecule has 32 heavy (non-hydrogen) atoms. The molecule has 0 spiro atoms. The standard InChI is InChI=1S/C23H22F2N4O2S/c1-23(15-6-7-16(24)17(25)12-15)21(30)29(22(31)27-23)13-28-10-8-14(9-11-28)20-26-18-4-2-3-5-19(18)32-20/h2-7,12,14H,8-11,13H2,1H3,(H,27,31)/t23-/m0/s1. The monoisotopic (exact) mass is 456 g/mol. The lowest BCUT2D eigenvalue weighted by molar-refractivity contribution is -0.132. The molecule has 166 valence electrons. The predicted molar refractivity (Wildman–Crippen MR) is 117 cm³/mol. The largest absolute Gasteiger partial charge is 0.326 e. The average molecular weight is 457 g/mol. The van der Waals surface area contributed by atoms with Gasteiger partial charge in [-0.15, -0.1) is 11.3 Å². The van der Waals surface area contributed by atoms with E-state index < -0.39 is 29.1 Å². The lowest BCUT2D eigenvalue weighted by Crippen LogP contribution is -2.46. The second-order valence-corrected chi connectivity index (χ2v) is 9.53. The van der Waals surface area contributed by atoms with Crippen LogP contribution >= 0.6 is 11.3 Å². The molecular weight excluding hydrogens is 434 g/mol. The van der Waals surface area contributed by atoms with Crippen molar-refractivity contribution in [3.63, 3.8) is 0 Å². The number of halogens is 2. The first-order valence-electron chi connectivity index (χ1n) is 10.5. The number of carbonyl (C=O) groups excluding carboxylic acids is 2. The van der Waals surface area contributed by atoms with Gasteiger partial charge in [0.1, 0.15) is 5.54 Å². The van der Waals surface area contributed by atoms with Crippen molar-refractivity contribution >= 4 is 33.5 Å². The average Bonchev–Trinajstić information content (AvgIpc) is 3.31. The number of rotatable bonds is 4. The fourth-order valence-corrected chi connectivity index (χ4v) is 5.55. The number of imide groups is 1. The Morgan fingerprint density at radius 3 is 2.59 bits per heavy atom. The van der Waals surface area contributed by atoms with E-state index >= 15 is 0 Å². The normalized spacial score (nSPS) is 22.7. The van der Waals surface area contributed by atoms with Crippen molar-refractivity contribution < 1.29 is 18.4 Å². The molecule has 0 saturated carbocycles. The quantitative estimate of drug-likeness (QED) is 0.599. The van der Waals surface area contributed by atoms with E-state index in [-0.39, 0.29) is 12.2 Å². The number of benzene rings is 2. The van der Waals surface area contributed by atoms with Crippen LogP contribution in [-0.4, -0.2) is 46.5 Å². The van der Waals surface area contributed by atoms with Crippen molar-refractivity contribution in [1.82, 2.24) is 20.1 Å². The number of piperidine rings is 1. The third kappa shape index (κ3) is 3.55. The van der Waals surface area contributed by atoms with Crippen molar-refractivity contribution in [2.24, 2.45) is 0 Å². The van der Waals surface area contributed by atoms with Gasteiger partial charge in [0.25, 0.3) is 5.91 Å². The lowest BCUT2D eigenvalue weighted by Gasteiger charge is -2.33. The molecular formula is C23H22F2N4O2S. The molecule has 0 radical (unpaired) electrons. The summed E-state index contributed by atoms with van der Waals surface area (Å²) in [5.41, 5.74) is -0.192. The summed E-state index contributed by atoms with van der Waals surface area (Å²) in [5, 5.41) is 3.78. The minimum absolute atomic E-state index is 0.163. The van der Waals surface area contributed by atoms with Crippen molar-refractivity contribution in [3.05, 3.63) is 64.7 Å². The molecule has 9 heteroatoms. The highest BCUT2D eigenvalue weighted by Crippen LogP contribution is 2.35. The molecule has 2 aliphatic heterocycles. The van der Waals surface area contributed by atoms with E-state index in [1.54, 1.807) is 11.3 Å². The Morgan fingerprint density at radius 1 is 1.12 bits per heavy atom. The Labute approximate surface area is 187 Å². The van der Waals surface area contributed by atoms with E-state index in [1.807, 2.05) is 18.2 Å². The first-order chi connectivity index (χ1) is 15.3. The molecule has 2 aromatic carbocycles. The first kappa shape index (κ1) is 21.0. The van der Waals surface area contributed by atoms with Crippen LogP contribution in [0.3, 0.4) is 0 Å². The zero-order valence-corrected chi connectivity index (χ0v) is 18.3. The second kappa shape index (κ2) is 7.90. The highest BCUT2D eigenvalue weighted by atomic mass is 32.1. The molecule has 0 bridgehead atoms. The summed E-state index contributed by atoms with van der Waals surface area (Å²) in [7, 11) is 0. The van der Waals surface area contributed by atoms with Gasteiger partial charge in [0, 0.05) is 19.0 Å². The molecule has 3 heterocycles. The lowest BCUT2D eigenvalue weighted by atomic mass is 9.92. The third-order valence-corrected chi connectivity index (χ3v) is 7.56. The van der Waals surface area contributed by atoms with Crippen LogP contribution in [0.5, 0.6) is 0 Å². The van der Waals surface area contributed by atoms with Gasteiger partial charge in [0.2, 0.25) is 0 Å². The molecule has 3 aromatic rings. The summed E-state index contributed by atoms with van der Waals surface area (Å²) in [6.07, 6.45) is 1.79. The fourth-order valence-electron chi connectivity index (χ4n) is 4.41. The number of nitrogens with one attached hydrogen (secondary N) is 1. The van der Waals surface area contributed by atoms with Crippen LogP contribution in [0.25, 0.3) is 10.2 Å². The summed E-state index contributed by atoms with van der Waals surface area (Å²) in [6, 6.07) is 10.8. The van der Waals surface area contributed by atoms with Gasteiger partial charge in [0.15, 0.2) is 11.6 Å². The third-order valence-electron chi connectivity index (χ3n) is 6.36. The van der Waals surface area contributed by atoms with Crippen molar-refractivity contribution in [1.29, 1.82) is 0 Å². The number of para-hydroxylation sites is 1. The smallest absolute Gasteiger partial charge is 0.319 e. The Kier molecular flexibility index (Phi) is 5.17. The van der Waals surface area contributed by atoms with Crippen molar-refractivity contribution in [3.8, 4) is 0 Å². The van der Waals surface area contributed by atoms with Crippen LogP contribution in [0.2, 0.25) is 0 Å². The van der Waals surface area contributed by atoms with Crippen molar-refractivity contribution in [2.45, 2.75) is 31.2 Å². The summed E-state index contributed by atoms with van der Waals surface area (Å²) in [5.74, 6) is -2.16. The number of amides is 3. The summed E-state index contributed by atoms with van der Waals surface area (Å²) < 4.78 is 28.2. The Morgan fingerprint density at radius 2 is 1.88 bits per heavy atom. The van der Waals surface area contributed by atoms with Crippen LogP contribution in [0.1, 0.15) is 36.3 Å². The van der Waals surface area contributed by atoms with Crippen LogP contribution < -0.4 is 5.32 Å².